The second-order valence-corrected chi connectivity index (χ2v) is 8.91. The molecule has 4 aromatic carbocycles. The van der Waals surface area contributed by atoms with E-state index in [1.54, 1.807) is 6.07 Å². The Morgan fingerprint density at radius 2 is 1.41 bits per heavy atom. The molecule has 0 aliphatic rings. The number of nitrogens with one attached hydrogen (secondary N) is 1. The van der Waals surface area contributed by atoms with Gasteiger partial charge in [0, 0.05) is 36.7 Å². The fraction of sp³-hybridized carbons (Fsp3) is 0.125. The third-order valence-electron chi connectivity index (χ3n) is 6.31. The molecule has 1 heterocycles. The number of hydrogen-bond donors (Lipinski definition) is 1. The van der Waals surface area contributed by atoms with Crippen LogP contribution in [-0.2, 0) is 6.54 Å². The molecule has 0 spiro atoms. The second-order valence-electron chi connectivity index (χ2n) is 8.91. The van der Waals surface area contributed by atoms with Crippen LogP contribution in [0, 0.1) is 0 Å². The van der Waals surface area contributed by atoms with Gasteiger partial charge >= 0.3 is 5.63 Å². The zero-order valence-corrected chi connectivity index (χ0v) is 20.5. The highest BCUT2D eigenvalue weighted by atomic mass is 16.4. The van der Waals surface area contributed by atoms with Crippen LogP contribution in [0.4, 0.5) is 5.69 Å². The van der Waals surface area contributed by atoms with Crippen molar-refractivity contribution in [1.29, 1.82) is 0 Å². The fourth-order valence-corrected chi connectivity index (χ4v) is 4.43. The highest BCUT2D eigenvalue weighted by molar-refractivity contribution is 5.94. The monoisotopic (exact) mass is 488 g/mol. The summed E-state index contributed by atoms with van der Waals surface area (Å²) in [6.07, 6.45) is 0.717. The summed E-state index contributed by atoms with van der Waals surface area (Å²) in [4.78, 5) is 27.4. The Hall–Kier alpha value is -4.64. The highest BCUT2D eigenvalue weighted by Gasteiger charge is 2.16. The average molecular weight is 489 g/mol. The molecule has 0 unspecified atom stereocenters. The number of para-hydroxylation sites is 1. The van der Waals surface area contributed by atoms with E-state index in [4.69, 9.17) is 4.42 Å². The number of nitrogens with zero attached hydrogens (tertiary/aromatic N) is 1. The molecule has 37 heavy (non-hydrogen) atoms. The molecular formula is C32H28N2O3. The van der Waals surface area contributed by atoms with Crippen LogP contribution >= 0.6 is 0 Å². The molecule has 0 saturated heterocycles. The molecule has 5 nitrogen and oxygen atoms in total. The van der Waals surface area contributed by atoms with Crippen LogP contribution in [0.1, 0.15) is 22.3 Å². The van der Waals surface area contributed by atoms with Crippen LogP contribution in [0.2, 0.25) is 0 Å². The van der Waals surface area contributed by atoms with Crippen LogP contribution in [-0.4, -0.2) is 23.9 Å². The number of hydrogen-bond acceptors (Lipinski definition) is 4. The van der Waals surface area contributed by atoms with E-state index in [1.807, 2.05) is 95.9 Å². The van der Waals surface area contributed by atoms with E-state index in [9.17, 15) is 9.59 Å². The minimum Gasteiger partial charge on any atom is -0.423 e. The molecule has 0 bridgehead atoms. The minimum absolute atomic E-state index is 0.00531. The molecule has 0 aliphatic heterocycles. The molecule has 5 rings (SSSR count). The minimum atomic E-state index is -0.388. The predicted octanol–water partition coefficient (Wildman–Crippen LogP) is 6.60. The maximum absolute atomic E-state index is 13.5. The zero-order chi connectivity index (χ0) is 25.5. The molecule has 1 N–H and O–H groups in total. The van der Waals surface area contributed by atoms with E-state index in [0.29, 0.717) is 30.8 Å². The van der Waals surface area contributed by atoms with Crippen molar-refractivity contribution < 1.29 is 9.21 Å². The Morgan fingerprint density at radius 1 is 0.757 bits per heavy atom. The standard InChI is InChI=1S/C32H28N2O3/c35-31-22-29(28-14-7-8-15-30(28)37-31)33-20-9-21-34(23-24-10-3-1-4-11-24)32(36)27-18-16-26(17-19-27)25-12-5-2-6-13-25/h1-8,10-19,22,33H,9,20-21,23H2. The van der Waals surface area contributed by atoms with Gasteiger partial charge in [-0.05, 0) is 47.4 Å². The lowest BCUT2D eigenvalue weighted by molar-refractivity contribution is 0.0742. The maximum Gasteiger partial charge on any atom is 0.338 e. The summed E-state index contributed by atoms with van der Waals surface area (Å²) in [7, 11) is 0. The molecule has 184 valence electrons. The van der Waals surface area contributed by atoms with E-state index in [2.05, 4.69) is 17.4 Å². The summed E-state index contributed by atoms with van der Waals surface area (Å²) in [5.41, 5.74) is 4.85. The lowest BCUT2D eigenvalue weighted by Gasteiger charge is -2.23. The number of carbonyl (C=O) groups is 1. The Morgan fingerprint density at radius 3 is 2.16 bits per heavy atom. The number of anilines is 1. The Bertz CT molecular complexity index is 1530. The quantitative estimate of drug-likeness (QED) is 0.187. The van der Waals surface area contributed by atoms with E-state index in [1.165, 1.54) is 6.07 Å². The first-order valence-corrected chi connectivity index (χ1v) is 12.4. The molecule has 5 heteroatoms. The summed E-state index contributed by atoms with van der Waals surface area (Å²) < 4.78 is 5.28. The van der Waals surface area contributed by atoms with Gasteiger partial charge in [-0.3, -0.25) is 4.79 Å². The predicted molar refractivity (Wildman–Crippen MR) is 149 cm³/mol. The number of fused-ring (bicyclic) bond motifs is 1. The lowest BCUT2D eigenvalue weighted by Crippen LogP contribution is -2.32. The van der Waals surface area contributed by atoms with Gasteiger partial charge in [-0.25, -0.2) is 4.79 Å². The zero-order valence-electron chi connectivity index (χ0n) is 20.5. The summed E-state index contributed by atoms with van der Waals surface area (Å²) in [6.45, 7) is 1.71. The normalized spacial score (nSPS) is 10.8. The van der Waals surface area contributed by atoms with E-state index in [0.717, 1.165) is 34.2 Å². The van der Waals surface area contributed by atoms with E-state index in [-0.39, 0.29) is 11.5 Å². The Kier molecular flexibility index (Phi) is 7.42. The van der Waals surface area contributed by atoms with Crippen molar-refractivity contribution in [3.05, 3.63) is 137 Å². The maximum atomic E-state index is 13.5. The third-order valence-corrected chi connectivity index (χ3v) is 6.31. The van der Waals surface area contributed by atoms with Gasteiger partial charge in [0.05, 0.1) is 5.69 Å². The first-order valence-electron chi connectivity index (χ1n) is 12.4. The molecule has 5 aromatic rings. The largest absolute Gasteiger partial charge is 0.423 e. The van der Waals surface area contributed by atoms with Crippen LogP contribution < -0.4 is 10.9 Å². The molecule has 1 amide bonds. The third kappa shape index (κ3) is 5.96. The van der Waals surface area contributed by atoms with Gasteiger partial charge < -0.3 is 14.6 Å². The molecular weight excluding hydrogens is 460 g/mol. The molecule has 0 aliphatic carbocycles. The van der Waals surface area contributed by atoms with Crippen LogP contribution in [0.25, 0.3) is 22.1 Å². The van der Waals surface area contributed by atoms with Gasteiger partial charge in [0.2, 0.25) is 0 Å². The summed E-state index contributed by atoms with van der Waals surface area (Å²) in [5.74, 6) is -0.00531. The second kappa shape index (κ2) is 11.4. The molecule has 0 atom stereocenters. The van der Waals surface area contributed by atoms with Gasteiger partial charge in [-0.15, -0.1) is 0 Å². The van der Waals surface area contributed by atoms with E-state index >= 15 is 0 Å². The van der Waals surface area contributed by atoms with Gasteiger partial charge in [-0.1, -0.05) is 84.9 Å². The van der Waals surface area contributed by atoms with Gasteiger partial charge in [0.1, 0.15) is 5.58 Å². The number of rotatable bonds is 9. The summed E-state index contributed by atoms with van der Waals surface area (Å²) in [6, 6.07) is 36.9. The van der Waals surface area contributed by atoms with E-state index < -0.39 is 0 Å². The van der Waals surface area contributed by atoms with Crippen molar-refractivity contribution in [2.75, 3.05) is 18.4 Å². The number of carbonyl (C=O) groups excluding carboxylic acids is 1. The number of amides is 1. The molecule has 1 aromatic heterocycles. The van der Waals surface area contributed by atoms with Crippen molar-refractivity contribution in [1.82, 2.24) is 4.90 Å². The summed E-state index contributed by atoms with van der Waals surface area (Å²) in [5, 5.41) is 4.21. The van der Waals surface area contributed by atoms with Crippen molar-refractivity contribution in [2.45, 2.75) is 13.0 Å². The van der Waals surface area contributed by atoms with Crippen LogP contribution in [0.5, 0.6) is 0 Å². The summed E-state index contributed by atoms with van der Waals surface area (Å²) >= 11 is 0. The lowest BCUT2D eigenvalue weighted by atomic mass is 10.0. The SMILES string of the molecule is O=C(c1ccc(-c2ccccc2)cc1)N(CCCNc1cc(=O)oc2ccccc12)Cc1ccccc1. The average Bonchev–Trinajstić information content (AvgIpc) is 2.95. The van der Waals surface area contributed by atoms with Gasteiger partial charge in [0.15, 0.2) is 0 Å². The topological polar surface area (TPSA) is 62.6 Å². The van der Waals surface area contributed by atoms with Crippen molar-refractivity contribution in [3.63, 3.8) is 0 Å². The first-order chi connectivity index (χ1) is 18.2. The van der Waals surface area contributed by atoms with Crippen molar-refractivity contribution in [3.8, 4) is 11.1 Å². The Balaban J connectivity index is 1.29. The van der Waals surface area contributed by atoms with Crippen molar-refractivity contribution in [2.24, 2.45) is 0 Å². The highest BCUT2D eigenvalue weighted by Crippen LogP contribution is 2.22. The molecule has 0 saturated carbocycles. The smallest absolute Gasteiger partial charge is 0.338 e. The molecule has 0 fully saturated rings. The Labute approximate surface area is 216 Å². The molecule has 0 radical (unpaired) electrons. The fourth-order valence-electron chi connectivity index (χ4n) is 4.43. The van der Waals surface area contributed by atoms with Crippen LogP contribution in [0.3, 0.4) is 0 Å². The number of benzene rings is 4. The van der Waals surface area contributed by atoms with Crippen molar-refractivity contribution >= 4 is 22.6 Å². The van der Waals surface area contributed by atoms with Gasteiger partial charge in [-0.2, -0.15) is 0 Å². The van der Waals surface area contributed by atoms with Crippen LogP contribution in [0.15, 0.2) is 124 Å². The first kappa shape index (κ1) is 24.1. The van der Waals surface area contributed by atoms with Gasteiger partial charge in [0.25, 0.3) is 5.91 Å².